The average molecular weight is 516 g/mol. The number of aromatic nitrogens is 2. The van der Waals surface area contributed by atoms with E-state index in [0.29, 0.717) is 25.1 Å². The summed E-state index contributed by atoms with van der Waals surface area (Å²) in [7, 11) is 2.01. The van der Waals surface area contributed by atoms with Crippen LogP contribution in [0.1, 0.15) is 39.2 Å². The number of nitrogens with zero attached hydrogens (tertiary/aromatic N) is 3. The molecular weight excluding hydrogens is 482 g/mol. The van der Waals surface area contributed by atoms with Crippen molar-refractivity contribution in [1.82, 2.24) is 19.8 Å². The van der Waals surface area contributed by atoms with Crippen molar-refractivity contribution in [2.45, 2.75) is 52.2 Å². The van der Waals surface area contributed by atoms with Crippen LogP contribution in [0.3, 0.4) is 0 Å². The van der Waals surface area contributed by atoms with Gasteiger partial charge in [0.25, 0.3) is 0 Å². The number of hydrogen-bond acceptors (Lipinski definition) is 5. The Hall–Kier alpha value is -4.14. The summed E-state index contributed by atoms with van der Waals surface area (Å²) in [6, 6.07) is 13.2. The van der Waals surface area contributed by atoms with Gasteiger partial charge in [-0.1, -0.05) is 18.2 Å². The van der Waals surface area contributed by atoms with Crippen LogP contribution < -0.4 is 10.6 Å². The van der Waals surface area contributed by atoms with Gasteiger partial charge in [0.15, 0.2) is 0 Å². The largest absolute Gasteiger partial charge is 0.444 e. The van der Waals surface area contributed by atoms with Crippen molar-refractivity contribution < 1.29 is 19.1 Å². The smallest absolute Gasteiger partial charge is 0.410 e. The number of amides is 3. The van der Waals surface area contributed by atoms with Crippen LogP contribution >= 0.6 is 0 Å². The van der Waals surface area contributed by atoms with Crippen LogP contribution in [0.2, 0.25) is 0 Å². The summed E-state index contributed by atoms with van der Waals surface area (Å²) in [4.78, 5) is 44.3. The van der Waals surface area contributed by atoms with E-state index in [9.17, 15) is 14.4 Å². The topological polar surface area (TPSA) is 106 Å². The molecule has 0 aromatic heterocycles. The highest BCUT2D eigenvalue weighted by atomic mass is 16.6. The lowest BCUT2D eigenvalue weighted by atomic mass is 10.00. The van der Waals surface area contributed by atoms with E-state index in [2.05, 4.69) is 34.3 Å². The molecule has 0 spiro atoms. The zero-order chi connectivity index (χ0) is 27.2. The van der Waals surface area contributed by atoms with Crippen molar-refractivity contribution in [3.8, 4) is 11.4 Å². The Morgan fingerprint density at radius 2 is 1.87 bits per heavy atom. The lowest BCUT2D eigenvalue weighted by molar-refractivity contribution is -0.127. The Bertz CT molecular complexity index is 1530. The molecule has 0 saturated carbocycles. The van der Waals surface area contributed by atoms with Gasteiger partial charge < -0.3 is 19.9 Å². The number of carbonyl (C=O) groups is 3. The van der Waals surface area contributed by atoms with Crippen LogP contribution in [0.25, 0.3) is 33.2 Å². The van der Waals surface area contributed by atoms with E-state index in [1.807, 2.05) is 37.4 Å². The monoisotopic (exact) mass is 515 g/mol. The molecule has 9 heteroatoms. The molecule has 0 bridgehead atoms. The van der Waals surface area contributed by atoms with E-state index in [1.54, 1.807) is 20.8 Å². The highest BCUT2D eigenvalue weighted by Crippen LogP contribution is 2.38. The molecule has 5 rings (SSSR count). The summed E-state index contributed by atoms with van der Waals surface area (Å²) < 4.78 is 7.52. The van der Waals surface area contributed by atoms with Crippen molar-refractivity contribution in [3.63, 3.8) is 0 Å². The maximum atomic E-state index is 12.8. The third-order valence-corrected chi connectivity index (χ3v) is 6.97. The molecule has 3 amide bonds. The fraction of sp³-hybridized carbons (Fsp3) is 0.379. The summed E-state index contributed by atoms with van der Waals surface area (Å²) in [5.41, 5.74) is 4.12. The van der Waals surface area contributed by atoms with Crippen LogP contribution in [-0.4, -0.2) is 57.1 Å². The number of para-hydroxylation sites is 1. The normalized spacial score (nSPS) is 15.8. The zero-order valence-corrected chi connectivity index (χ0v) is 22.4. The van der Waals surface area contributed by atoms with Gasteiger partial charge in [0, 0.05) is 41.1 Å². The Morgan fingerprint density at radius 1 is 1.11 bits per heavy atom. The summed E-state index contributed by atoms with van der Waals surface area (Å²) in [5.74, 6) is 0.175. The van der Waals surface area contributed by atoms with Crippen molar-refractivity contribution in [1.29, 1.82) is 0 Å². The number of nitrogens with one attached hydrogen (secondary N) is 2. The minimum Gasteiger partial charge on any atom is -0.444 e. The van der Waals surface area contributed by atoms with Crippen LogP contribution in [0.5, 0.6) is 0 Å². The molecule has 3 aliphatic heterocycles. The third kappa shape index (κ3) is 4.76. The molecule has 1 saturated heterocycles. The molecule has 2 aromatic carbocycles. The number of pyridine rings is 1. The average Bonchev–Trinajstić information content (AvgIpc) is 3.50. The molecule has 9 nitrogen and oxygen atoms in total. The van der Waals surface area contributed by atoms with Crippen LogP contribution in [0.4, 0.5) is 10.5 Å². The second-order valence-corrected chi connectivity index (χ2v) is 10.8. The molecule has 3 aliphatic rings. The predicted molar refractivity (Wildman–Crippen MR) is 147 cm³/mol. The number of aryl methyl sites for hydroxylation is 2. The van der Waals surface area contributed by atoms with E-state index in [0.717, 1.165) is 38.8 Å². The summed E-state index contributed by atoms with van der Waals surface area (Å²) in [6.07, 6.45) is 0.726. The molecule has 0 unspecified atom stereocenters. The maximum Gasteiger partial charge on any atom is 0.410 e. The molecule has 0 radical (unpaired) electrons. The second kappa shape index (κ2) is 9.63. The highest BCUT2D eigenvalue weighted by molar-refractivity contribution is 6.06. The molecule has 1 atom stereocenters. The van der Waals surface area contributed by atoms with Gasteiger partial charge in [-0.15, -0.1) is 0 Å². The van der Waals surface area contributed by atoms with E-state index in [-0.39, 0.29) is 18.4 Å². The lowest BCUT2D eigenvalue weighted by Gasteiger charge is -2.28. The number of carbonyl (C=O) groups excluding carboxylic acids is 3. The molecule has 198 valence electrons. The van der Waals surface area contributed by atoms with Gasteiger partial charge >= 0.3 is 6.09 Å². The second-order valence-electron chi connectivity index (χ2n) is 10.8. The first-order valence-corrected chi connectivity index (χ1v) is 12.9. The first-order chi connectivity index (χ1) is 18.0. The van der Waals surface area contributed by atoms with Gasteiger partial charge in [0.1, 0.15) is 17.5 Å². The Labute approximate surface area is 221 Å². The van der Waals surface area contributed by atoms with Gasteiger partial charge in [-0.25, -0.2) is 9.78 Å². The molecule has 0 aliphatic carbocycles. The number of ether oxygens (including phenoxy) is 1. The van der Waals surface area contributed by atoms with Crippen LogP contribution in [-0.2, 0) is 21.4 Å². The predicted octanol–water partition coefficient (Wildman–Crippen LogP) is 4.59. The van der Waals surface area contributed by atoms with Crippen molar-refractivity contribution >= 4 is 45.4 Å². The molecule has 3 heterocycles. The first-order valence-electron chi connectivity index (χ1n) is 12.9. The summed E-state index contributed by atoms with van der Waals surface area (Å²) in [6.45, 7) is 7.71. The SMILES string of the molecule is Cc1c2c3cc(NC(=O)CNC(=O)[C@@H]4CCCN4C(=O)OC(C)(C)C)ccc3nc-2n(C)c2ccccc12. The maximum absolute atomic E-state index is 12.8. The third-order valence-electron chi connectivity index (χ3n) is 6.97. The lowest BCUT2D eigenvalue weighted by Crippen LogP contribution is -2.48. The Morgan fingerprint density at radius 3 is 2.63 bits per heavy atom. The molecule has 2 N–H and O–H groups in total. The fourth-order valence-corrected chi connectivity index (χ4v) is 5.22. The number of rotatable bonds is 4. The van der Waals surface area contributed by atoms with E-state index in [4.69, 9.17) is 9.72 Å². The number of anilines is 1. The summed E-state index contributed by atoms with van der Waals surface area (Å²) >= 11 is 0. The molecular formula is C29H33N5O4. The van der Waals surface area contributed by atoms with Gasteiger partial charge in [-0.2, -0.15) is 0 Å². The van der Waals surface area contributed by atoms with Crippen molar-refractivity contribution in [2.24, 2.45) is 7.05 Å². The van der Waals surface area contributed by atoms with Crippen LogP contribution in [0, 0.1) is 6.92 Å². The standard InChI is InChI=1S/C29H33N5O4/c1-17-19-9-6-7-10-22(19)33(5)26-25(17)20-15-18(12-13-21(20)32-26)31-24(35)16-30-27(36)23-11-8-14-34(23)28(37)38-29(2,3)4/h6-7,9-10,12-13,15,23H,8,11,14,16H2,1-5H3,(H,30,36)(H,31,35)/t23-/m0/s1. The van der Waals surface area contributed by atoms with Crippen molar-refractivity contribution in [2.75, 3.05) is 18.4 Å². The Balaban J connectivity index is 1.29. The van der Waals surface area contributed by atoms with E-state index in [1.165, 1.54) is 4.90 Å². The Kier molecular flexibility index (Phi) is 6.46. The van der Waals surface area contributed by atoms with Gasteiger partial charge in [-0.05, 0) is 70.4 Å². The summed E-state index contributed by atoms with van der Waals surface area (Å²) in [5, 5.41) is 7.66. The number of benzene rings is 2. The quantitative estimate of drug-likeness (QED) is 0.414. The number of likely N-dealkylation sites (tertiary alicyclic amines) is 1. The molecule has 2 aromatic rings. The minimum atomic E-state index is -0.646. The van der Waals surface area contributed by atoms with Gasteiger partial charge in [0.05, 0.1) is 12.1 Å². The zero-order valence-electron chi connectivity index (χ0n) is 22.4. The van der Waals surface area contributed by atoms with Crippen LogP contribution in [0.15, 0.2) is 42.5 Å². The minimum absolute atomic E-state index is 0.200. The number of fused-ring (bicyclic) bond motifs is 4. The van der Waals surface area contributed by atoms with Gasteiger partial charge in [-0.3, -0.25) is 14.5 Å². The molecule has 1 fully saturated rings. The first kappa shape index (κ1) is 25.5. The highest BCUT2D eigenvalue weighted by Gasteiger charge is 2.36. The van der Waals surface area contributed by atoms with Crippen molar-refractivity contribution in [3.05, 3.63) is 48.0 Å². The fourth-order valence-electron chi connectivity index (χ4n) is 5.22. The van der Waals surface area contributed by atoms with Gasteiger partial charge in [0.2, 0.25) is 11.8 Å². The van der Waals surface area contributed by atoms with E-state index >= 15 is 0 Å². The van der Waals surface area contributed by atoms with E-state index < -0.39 is 17.7 Å². The molecule has 38 heavy (non-hydrogen) atoms. The number of hydrogen-bond donors (Lipinski definition) is 2.